The van der Waals surface area contributed by atoms with E-state index in [0.29, 0.717) is 17.9 Å². The molecule has 2 aromatic carbocycles. The van der Waals surface area contributed by atoms with E-state index in [2.05, 4.69) is 13.5 Å². The third kappa shape index (κ3) is 3.63. The minimum absolute atomic E-state index is 0.377. The van der Waals surface area contributed by atoms with Crippen LogP contribution in [0, 0.1) is 0 Å². The second-order valence-corrected chi connectivity index (χ2v) is 4.98. The zero-order chi connectivity index (χ0) is 15.2. The van der Waals surface area contributed by atoms with Gasteiger partial charge in [-0.3, -0.25) is 0 Å². The number of carbonyl (C=O) groups excluding carboxylic acids is 1. The summed E-state index contributed by atoms with van der Waals surface area (Å²) in [7, 11) is 0. The number of fused-ring (bicyclic) bond motifs is 1. The molecule has 0 aromatic heterocycles. The third-order valence-electron chi connectivity index (χ3n) is 3.15. The highest BCUT2D eigenvalue weighted by atomic mass is 16.5. The SMILES string of the molecule is C=C(C)C(=O)Oc1ccc(OCCCC)c2ccccc12. The van der Waals surface area contributed by atoms with Crippen LogP contribution in [0.25, 0.3) is 10.8 Å². The fourth-order valence-electron chi connectivity index (χ4n) is 1.97. The van der Waals surface area contributed by atoms with Crippen molar-refractivity contribution in [3.63, 3.8) is 0 Å². The van der Waals surface area contributed by atoms with Gasteiger partial charge in [-0.25, -0.2) is 4.79 Å². The van der Waals surface area contributed by atoms with Gasteiger partial charge < -0.3 is 9.47 Å². The average molecular weight is 284 g/mol. The van der Waals surface area contributed by atoms with Crippen molar-refractivity contribution in [1.29, 1.82) is 0 Å². The summed E-state index contributed by atoms with van der Waals surface area (Å²) in [6, 6.07) is 11.4. The third-order valence-corrected chi connectivity index (χ3v) is 3.15. The molecule has 2 rings (SSSR count). The topological polar surface area (TPSA) is 35.5 Å². The Morgan fingerprint density at radius 1 is 1.10 bits per heavy atom. The molecule has 3 heteroatoms. The summed E-state index contributed by atoms with van der Waals surface area (Å²) in [4.78, 5) is 11.7. The summed E-state index contributed by atoms with van der Waals surface area (Å²) in [5.41, 5.74) is 0.377. The summed E-state index contributed by atoms with van der Waals surface area (Å²) in [5, 5.41) is 1.81. The van der Waals surface area contributed by atoms with Crippen LogP contribution >= 0.6 is 0 Å². The first-order chi connectivity index (χ1) is 10.1. The predicted molar refractivity (Wildman–Crippen MR) is 84.8 cm³/mol. The molecule has 0 bridgehead atoms. The highest BCUT2D eigenvalue weighted by Crippen LogP contribution is 2.33. The number of unbranched alkanes of at least 4 members (excludes halogenated alkanes) is 1. The van der Waals surface area contributed by atoms with Crippen molar-refractivity contribution in [1.82, 2.24) is 0 Å². The van der Waals surface area contributed by atoms with Crippen molar-refractivity contribution in [3.05, 3.63) is 48.6 Å². The van der Waals surface area contributed by atoms with Gasteiger partial charge in [0.05, 0.1) is 6.61 Å². The van der Waals surface area contributed by atoms with E-state index < -0.39 is 5.97 Å². The van der Waals surface area contributed by atoms with Gasteiger partial charge in [0, 0.05) is 16.3 Å². The average Bonchev–Trinajstić information content (AvgIpc) is 2.49. The molecule has 0 unspecified atom stereocenters. The number of hydrogen-bond acceptors (Lipinski definition) is 3. The largest absolute Gasteiger partial charge is 0.493 e. The minimum atomic E-state index is -0.417. The van der Waals surface area contributed by atoms with Gasteiger partial charge in [0.15, 0.2) is 0 Å². The predicted octanol–water partition coefficient (Wildman–Crippen LogP) is 4.50. The Bertz CT molecular complexity index is 659. The van der Waals surface area contributed by atoms with Gasteiger partial charge in [0.25, 0.3) is 0 Å². The fraction of sp³-hybridized carbons (Fsp3) is 0.278. The second kappa shape index (κ2) is 6.93. The number of rotatable bonds is 6. The number of esters is 1. The molecule has 21 heavy (non-hydrogen) atoms. The fourth-order valence-corrected chi connectivity index (χ4v) is 1.97. The van der Waals surface area contributed by atoms with E-state index in [4.69, 9.17) is 9.47 Å². The van der Waals surface area contributed by atoms with Crippen LogP contribution in [0.2, 0.25) is 0 Å². The molecule has 0 radical (unpaired) electrons. The molecular weight excluding hydrogens is 264 g/mol. The second-order valence-electron chi connectivity index (χ2n) is 4.98. The minimum Gasteiger partial charge on any atom is -0.493 e. The van der Waals surface area contributed by atoms with Gasteiger partial charge in [0.2, 0.25) is 0 Å². The molecule has 110 valence electrons. The van der Waals surface area contributed by atoms with E-state index in [-0.39, 0.29) is 0 Å². The van der Waals surface area contributed by atoms with Crippen LogP contribution in [-0.4, -0.2) is 12.6 Å². The quantitative estimate of drug-likeness (QED) is 0.339. The number of carbonyl (C=O) groups is 1. The van der Waals surface area contributed by atoms with E-state index in [0.717, 1.165) is 29.4 Å². The van der Waals surface area contributed by atoms with E-state index >= 15 is 0 Å². The Kier molecular flexibility index (Phi) is 4.99. The molecule has 2 aromatic rings. The van der Waals surface area contributed by atoms with Crippen molar-refractivity contribution in [2.75, 3.05) is 6.61 Å². The van der Waals surface area contributed by atoms with Crippen molar-refractivity contribution in [2.45, 2.75) is 26.7 Å². The monoisotopic (exact) mass is 284 g/mol. The lowest BCUT2D eigenvalue weighted by Crippen LogP contribution is -2.08. The standard InChI is InChI=1S/C18H20O3/c1-4-5-12-20-16-10-11-17(21-18(19)13(2)3)15-9-7-6-8-14(15)16/h6-11H,2,4-5,12H2,1,3H3. The molecule has 0 aliphatic rings. The highest BCUT2D eigenvalue weighted by Gasteiger charge is 2.11. The molecule has 0 saturated carbocycles. The zero-order valence-electron chi connectivity index (χ0n) is 12.5. The Morgan fingerprint density at radius 2 is 1.71 bits per heavy atom. The molecule has 0 aliphatic heterocycles. The van der Waals surface area contributed by atoms with E-state index in [1.165, 1.54) is 0 Å². The van der Waals surface area contributed by atoms with Gasteiger partial charge in [0.1, 0.15) is 11.5 Å². The Labute approximate surface area is 125 Å². The van der Waals surface area contributed by atoms with Gasteiger partial charge in [-0.15, -0.1) is 0 Å². The van der Waals surface area contributed by atoms with E-state index in [1.54, 1.807) is 13.0 Å². The highest BCUT2D eigenvalue weighted by molar-refractivity contribution is 5.97. The van der Waals surface area contributed by atoms with Crippen LogP contribution in [-0.2, 0) is 4.79 Å². The normalized spacial score (nSPS) is 10.4. The van der Waals surface area contributed by atoms with Crippen LogP contribution < -0.4 is 9.47 Å². The number of hydrogen-bond donors (Lipinski definition) is 0. The lowest BCUT2D eigenvalue weighted by molar-refractivity contribution is -0.129. The lowest BCUT2D eigenvalue weighted by atomic mass is 10.1. The van der Waals surface area contributed by atoms with Crippen molar-refractivity contribution in [2.24, 2.45) is 0 Å². The molecule has 0 atom stereocenters. The first-order valence-corrected chi connectivity index (χ1v) is 7.15. The number of benzene rings is 2. The Balaban J connectivity index is 2.35. The van der Waals surface area contributed by atoms with Crippen LogP contribution in [0.1, 0.15) is 26.7 Å². The van der Waals surface area contributed by atoms with Crippen LogP contribution in [0.4, 0.5) is 0 Å². The van der Waals surface area contributed by atoms with Crippen LogP contribution in [0.15, 0.2) is 48.6 Å². The Morgan fingerprint density at radius 3 is 2.33 bits per heavy atom. The maximum Gasteiger partial charge on any atom is 0.338 e. The molecule has 3 nitrogen and oxygen atoms in total. The molecule has 0 heterocycles. The Hall–Kier alpha value is -2.29. The number of ether oxygens (including phenoxy) is 2. The van der Waals surface area contributed by atoms with Crippen LogP contribution in [0.3, 0.4) is 0 Å². The first kappa shape index (κ1) is 15.1. The summed E-state index contributed by atoms with van der Waals surface area (Å²) in [6.07, 6.45) is 2.10. The molecular formula is C18H20O3. The summed E-state index contributed by atoms with van der Waals surface area (Å²) in [6.45, 7) is 8.04. The molecule has 0 aliphatic carbocycles. The molecule has 0 N–H and O–H groups in total. The smallest absolute Gasteiger partial charge is 0.338 e. The first-order valence-electron chi connectivity index (χ1n) is 7.15. The van der Waals surface area contributed by atoms with Gasteiger partial charge in [-0.1, -0.05) is 44.2 Å². The molecule has 0 spiro atoms. The van der Waals surface area contributed by atoms with Gasteiger partial charge in [-0.2, -0.15) is 0 Å². The maximum atomic E-state index is 11.7. The lowest BCUT2D eigenvalue weighted by Gasteiger charge is -2.12. The zero-order valence-corrected chi connectivity index (χ0v) is 12.5. The van der Waals surface area contributed by atoms with Crippen molar-refractivity contribution >= 4 is 16.7 Å². The van der Waals surface area contributed by atoms with Crippen molar-refractivity contribution < 1.29 is 14.3 Å². The molecule has 0 amide bonds. The molecule has 0 fully saturated rings. The van der Waals surface area contributed by atoms with E-state index in [1.807, 2.05) is 30.3 Å². The van der Waals surface area contributed by atoms with E-state index in [9.17, 15) is 4.79 Å². The van der Waals surface area contributed by atoms with Crippen LogP contribution in [0.5, 0.6) is 11.5 Å². The van der Waals surface area contributed by atoms with Gasteiger partial charge >= 0.3 is 5.97 Å². The summed E-state index contributed by atoms with van der Waals surface area (Å²) in [5.74, 6) is 0.926. The van der Waals surface area contributed by atoms with Crippen molar-refractivity contribution in [3.8, 4) is 11.5 Å². The molecule has 0 saturated heterocycles. The summed E-state index contributed by atoms with van der Waals surface area (Å²) >= 11 is 0. The van der Waals surface area contributed by atoms with Gasteiger partial charge in [-0.05, 0) is 25.5 Å². The summed E-state index contributed by atoms with van der Waals surface area (Å²) < 4.78 is 11.2. The maximum absolute atomic E-state index is 11.7.